The van der Waals surface area contributed by atoms with E-state index in [4.69, 9.17) is 0 Å². The second kappa shape index (κ2) is 3.74. The van der Waals surface area contributed by atoms with Crippen LogP contribution in [0, 0.1) is 0 Å². The van der Waals surface area contributed by atoms with Crippen molar-refractivity contribution in [1.29, 1.82) is 0 Å². The van der Waals surface area contributed by atoms with Crippen LogP contribution in [-0.2, 0) is 4.79 Å². The topological polar surface area (TPSA) is 32.3 Å². The summed E-state index contributed by atoms with van der Waals surface area (Å²) >= 11 is 3.75. The Bertz CT molecular complexity index is 105. The minimum absolute atomic E-state index is 0.0324. The highest BCUT2D eigenvalue weighted by Crippen LogP contribution is 1.87. The third kappa shape index (κ3) is 2.72. The smallest absolute Gasteiger partial charge is 0.239 e. The number of hydrogen-bond acceptors (Lipinski definition) is 3. The number of thiol groups is 1. The molecule has 0 heterocycles. The fraction of sp³-hybridized carbons (Fsp3) is 0.800. The maximum Gasteiger partial charge on any atom is 0.239 e. The van der Waals surface area contributed by atoms with Gasteiger partial charge < -0.3 is 4.90 Å². The van der Waals surface area contributed by atoms with E-state index in [0.717, 1.165) is 0 Å². The molecule has 0 rings (SSSR count). The van der Waals surface area contributed by atoms with E-state index in [1.165, 1.54) is 4.90 Å². The summed E-state index contributed by atoms with van der Waals surface area (Å²) in [6.45, 7) is 1.76. The van der Waals surface area contributed by atoms with Gasteiger partial charge in [0.05, 0.1) is 6.04 Å². The van der Waals surface area contributed by atoms with Gasteiger partial charge in [-0.2, -0.15) is 0 Å². The fourth-order valence-corrected chi connectivity index (χ4v) is 0.553. The molecule has 0 aliphatic heterocycles. The van der Waals surface area contributed by atoms with Crippen molar-refractivity contribution in [3.63, 3.8) is 0 Å². The summed E-state index contributed by atoms with van der Waals surface area (Å²) < 4.78 is 2.55. The molecule has 0 aliphatic rings. The van der Waals surface area contributed by atoms with Crippen molar-refractivity contribution >= 4 is 18.7 Å². The van der Waals surface area contributed by atoms with Gasteiger partial charge >= 0.3 is 0 Å². The zero-order valence-corrected chi connectivity index (χ0v) is 6.77. The van der Waals surface area contributed by atoms with Crippen LogP contribution in [0.2, 0.25) is 0 Å². The molecule has 0 bridgehead atoms. The molecule has 0 aliphatic carbocycles. The minimum Gasteiger partial charge on any atom is -0.347 e. The molecule has 0 aromatic carbocycles. The van der Waals surface area contributed by atoms with Gasteiger partial charge in [0.25, 0.3) is 0 Å². The van der Waals surface area contributed by atoms with E-state index in [0.29, 0.717) is 0 Å². The van der Waals surface area contributed by atoms with Crippen molar-refractivity contribution in [3.8, 4) is 0 Å². The second-order valence-electron chi connectivity index (χ2n) is 2.08. The highest BCUT2D eigenvalue weighted by atomic mass is 32.1. The average molecular weight is 148 g/mol. The Morgan fingerprint density at radius 2 is 2.11 bits per heavy atom. The number of amides is 1. The van der Waals surface area contributed by atoms with Crippen LogP contribution < -0.4 is 4.72 Å². The van der Waals surface area contributed by atoms with Gasteiger partial charge in [-0.05, 0) is 6.92 Å². The molecule has 9 heavy (non-hydrogen) atoms. The van der Waals surface area contributed by atoms with Crippen molar-refractivity contribution in [2.24, 2.45) is 0 Å². The number of hydrogen-bond donors (Lipinski definition) is 2. The lowest BCUT2D eigenvalue weighted by atomic mass is 10.3. The molecule has 3 nitrogen and oxygen atoms in total. The number of nitrogens with zero attached hydrogens (tertiary/aromatic N) is 1. The van der Waals surface area contributed by atoms with Crippen molar-refractivity contribution in [2.75, 3.05) is 14.1 Å². The Morgan fingerprint density at radius 3 is 2.22 bits per heavy atom. The standard InChI is InChI=1S/C5H12N2OS/c1-4(6-9)5(8)7(2)3/h4,6,9H,1-3H3/t4-/m0/s1. The van der Waals surface area contributed by atoms with Crippen LogP contribution in [0.15, 0.2) is 0 Å². The molecular weight excluding hydrogens is 136 g/mol. The van der Waals surface area contributed by atoms with E-state index >= 15 is 0 Å². The largest absolute Gasteiger partial charge is 0.347 e. The molecule has 0 saturated carbocycles. The van der Waals surface area contributed by atoms with Crippen molar-refractivity contribution < 1.29 is 4.79 Å². The van der Waals surface area contributed by atoms with Crippen LogP contribution in [0.3, 0.4) is 0 Å². The lowest BCUT2D eigenvalue weighted by Crippen LogP contribution is -2.37. The zero-order valence-electron chi connectivity index (χ0n) is 5.88. The number of likely N-dealkylation sites (N-methyl/N-ethyl adjacent to an activating group) is 1. The van der Waals surface area contributed by atoms with E-state index in [-0.39, 0.29) is 11.9 Å². The lowest BCUT2D eigenvalue weighted by Gasteiger charge is -2.14. The normalized spacial score (nSPS) is 12.9. The second-order valence-corrected chi connectivity index (χ2v) is 2.34. The third-order valence-electron chi connectivity index (χ3n) is 1.00. The SMILES string of the molecule is C[C@H](NS)C(=O)N(C)C. The van der Waals surface area contributed by atoms with Crippen LogP contribution in [0.4, 0.5) is 0 Å². The summed E-state index contributed by atoms with van der Waals surface area (Å²) in [7, 11) is 3.42. The maximum atomic E-state index is 10.9. The summed E-state index contributed by atoms with van der Waals surface area (Å²) in [5.74, 6) is 0.0324. The van der Waals surface area contributed by atoms with E-state index in [1.54, 1.807) is 21.0 Å². The average Bonchev–Trinajstić information content (AvgIpc) is 1.84. The molecule has 0 unspecified atom stereocenters. The first-order chi connectivity index (χ1) is 4.09. The molecular formula is C5H12N2OS. The molecule has 4 heteroatoms. The quantitative estimate of drug-likeness (QED) is 0.536. The predicted octanol–water partition coefficient (Wildman–Crippen LogP) is -0.103. The van der Waals surface area contributed by atoms with Gasteiger partial charge in [0.1, 0.15) is 0 Å². The highest BCUT2D eigenvalue weighted by Gasteiger charge is 2.11. The number of nitrogens with one attached hydrogen (secondary N) is 1. The van der Waals surface area contributed by atoms with E-state index in [1.807, 2.05) is 0 Å². The Labute approximate surface area is 61.0 Å². The zero-order chi connectivity index (χ0) is 7.44. The van der Waals surface area contributed by atoms with Crippen LogP contribution in [0.5, 0.6) is 0 Å². The predicted molar refractivity (Wildman–Crippen MR) is 40.3 cm³/mol. The van der Waals surface area contributed by atoms with Crippen LogP contribution in [-0.4, -0.2) is 30.9 Å². The lowest BCUT2D eigenvalue weighted by molar-refractivity contribution is -0.129. The Kier molecular flexibility index (Phi) is 3.65. The molecule has 0 aromatic rings. The fourth-order valence-electron chi connectivity index (χ4n) is 0.443. The van der Waals surface area contributed by atoms with Crippen molar-refractivity contribution in [3.05, 3.63) is 0 Å². The Morgan fingerprint density at radius 1 is 1.67 bits per heavy atom. The first kappa shape index (κ1) is 8.78. The van der Waals surface area contributed by atoms with Gasteiger partial charge in [-0.25, -0.2) is 0 Å². The van der Waals surface area contributed by atoms with E-state index < -0.39 is 0 Å². The summed E-state index contributed by atoms with van der Waals surface area (Å²) in [5.41, 5.74) is 0. The van der Waals surface area contributed by atoms with Crippen molar-refractivity contribution in [2.45, 2.75) is 13.0 Å². The molecule has 0 fully saturated rings. The summed E-state index contributed by atoms with van der Waals surface area (Å²) in [4.78, 5) is 12.4. The van der Waals surface area contributed by atoms with Gasteiger partial charge in [-0.15, -0.1) is 0 Å². The van der Waals surface area contributed by atoms with Gasteiger partial charge in [0.2, 0.25) is 5.91 Å². The molecule has 54 valence electrons. The van der Waals surface area contributed by atoms with E-state index in [2.05, 4.69) is 17.5 Å². The number of carbonyl (C=O) groups excluding carboxylic acids is 1. The molecule has 1 amide bonds. The van der Waals surface area contributed by atoms with E-state index in [9.17, 15) is 4.79 Å². The van der Waals surface area contributed by atoms with Gasteiger partial charge in [-0.3, -0.25) is 9.52 Å². The molecule has 1 atom stereocenters. The molecule has 0 aromatic heterocycles. The van der Waals surface area contributed by atoms with Gasteiger partial charge in [0, 0.05) is 14.1 Å². The van der Waals surface area contributed by atoms with Gasteiger partial charge in [-0.1, -0.05) is 12.8 Å². The first-order valence-corrected chi connectivity index (χ1v) is 3.15. The number of rotatable bonds is 2. The molecule has 0 radical (unpaired) electrons. The third-order valence-corrected chi connectivity index (χ3v) is 1.39. The Balaban J connectivity index is 3.73. The summed E-state index contributed by atoms with van der Waals surface area (Å²) in [5, 5.41) is 0. The molecule has 0 spiro atoms. The Hall–Kier alpha value is -0.220. The van der Waals surface area contributed by atoms with Crippen LogP contribution in [0.1, 0.15) is 6.92 Å². The first-order valence-electron chi connectivity index (χ1n) is 2.70. The van der Waals surface area contributed by atoms with Crippen molar-refractivity contribution in [1.82, 2.24) is 9.62 Å². The maximum absolute atomic E-state index is 10.9. The summed E-state index contributed by atoms with van der Waals surface area (Å²) in [6.07, 6.45) is 0. The number of carbonyl (C=O) groups is 1. The molecule has 0 saturated heterocycles. The van der Waals surface area contributed by atoms with Crippen LogP contribution >= 0.6 is 12.8 Å². The molecule has 1 N–H and O–H groups in total. The van der Waals surface area contributed by atoms with Crippen LogP contribution in [0.25, 0.3) is 0 Å². The highest BCUT2D eigenvalue weighted by molar-refractivity contribution is 7.78. The monoisotopic (exact) mass is 148 g/mol. The minimum atomic E-state index is -0.205. The van der Waals surface area contributed by atoms with Gasteiger partial charge in [0.15, 0.2) is 0 Å². The summed E-state index contributed by atoms with van der Waals surface area (Å²) in [6, 6.07) is -0.205.